The van der Waals surface area contributed by atoms with Crippen LogP contribution in [-0.4, -0.2) is 39.1 Å². The van der Waals surface area contributed by atoms with Gasteiger partial charge in [-0.25, -0.2) is 4.99 Å². The number of halogens is 1. The number of amides is 2. The Morgan fingerprint density at radius 3 is 2.17 bits per heavy atom. The molecule has 10 heteroatoms. The first-order valence-electron chi connectivity index (χ1n) is 12.9. The maximum atomic E-state index is 13.2. The number of guanidine groups is 1. The van der Waals surface area contributed by atoms with Crippen LogP contribution in [0.2, 0.25) is 0 Å². The standard InChI is InChI=1S/C32H30N4O5.ClH/c1-18-9-11-23(34-32(33)36-31(38)22-15-27(39-2)29(41-4)28(16-22)40-3)17-26(18)35-30(37)20-10-12-25-21(14-20)13-19-7-5-6-8-24(19)25;/h5-12,14-17H,13H2,1-4H3,(H,35,37)(H3,33,34,36,38);1H. The molecule has 0 heterocycles. The molecule has 5 rings (SSSR count). The van der Waals surface area contributed by atoms with E-state index in [1.54, 1.807) is 12.1 Å². The Kier molecular flexibility index (Phi) is 9.02. The van der Waals surface area contributed by atoms with Crippen molar-refractivity contribution in [3.05, 3.63) is 101 Å². The molecule has 1 aliphatic rings. The first kappa shape index (κ1) is 30.0. The van der Waals surface area contributed by atoms with Gasteiger partial charge in [0.15, 0.2) is 11.5 Å². The van der Waals surface area contributed by atoms with Crippen LogP contribution >= 0.6 is 12.4 Å². The average Bonchev–Trinajstić information content (AvgIpc) is 3.35. The summed E-state index contributed by atoms with van der Waals surface area (Å²) in [5, 5.41) is 5.55. The van der Waals surface area contributed by atoms with Crippen LogP contribution in [0.4, 0.5) is 11.4 Å². The number of hydrogen-bond donors (Lipinski definition) is 3. The Morgan fingerprint density at radius 1 is 0.786 bits per heavy atom. The number of ether oxygens (including phenoxy) is 3. The maximum Gasteiger partial charge on any atom is 0.258 e. The minimum absolute atomic E-state index is 0. The van der Waals surface area contributed by atoms with Gasteiger partial charge in [0.05, 0.1) is 27.0 Å². The van der Waals surface area contributed by atoms with Gasteiger partial charge in [-0.1, -0.05) is 36.4 Å². The number of carbonyl (C=O) groups excluding carboxylic acids is 2. The van der Waals surface area contributed by atoms with Crippen molar-refractivity contribution in [1.29, 1.82) is 0 Å². The zero-order valence-corrected chi connectivity index (χ0v) is 24.4. The summed E-state index contributed by atoms with van der Waals surface area (Å²) in [5.74, 6) is 0.177. The fourth-order valence-electron chi connectivity index (χ4n) is 4.86. The Hall–Kier alpha value is -5.02. The smallest absolute Gasteiger partial charge is 0.258 e. The molecular weight excluding hydrogens is 556 g/mol. The molecule has 1 aliphatic carbocycles. The lowest BCUT2D eigenvalue weighted by Crippen LogP contribution is -2.36. The second-order valence-electron chi connectivity index (χ2n) is 9.52. The summed E-state index contributed by atoms with van der Waals surface area (Å²) in [6.07, 6.45) is 0.803. The van der Waals surface area contributed by atoms with Crippen LogP contribution in [0, 0.1) is 6.92 Å². The van der Waals surface area contributed by atoms with Crippen LogP contribution in [0.5, 0.6) is 17.2 Å². The molecule has 4 aromatic rings. The lowest BCUT2D eigenvalue weighted by atomic mass is 10.0. The molecule has 4 N–H and O–H groups in total. The molecule has 0 bridgehead atoms. The zero-order valence-electron chi connectivity index (χ0n) is 23.6. The number of rotatable bonds is 7. The molecule has 0 fully saturated rings. The number of methoxy groups -OCH3 is 3. The SMILES string of the molecule is COc1cc(C(=O)NC(N)=Nc2ccc(C)c(NC(=O)c3ccc4c(c3)Cc3ccccc3-4)c2)cc(OC)c1OC.Cl. The molecule has 9 nitrogen and oxygen atoms in total. The normalized spacial score (nSPS) is 11.5. The predicted octanol–water partition coefficient (Wildman–Crippen LogP) is 5.64. The van der Waals surface area contributed by atoms with Gasteiger partial charge in [0.2, 0.25) is 11.7 Å². The fraction of sp³-hybridized carbons (Fsp3) is 0.156. The molecule has 0 aromatic heterocycles. The Morgan fingerprint density at radius 2 is 1.48 bits per heavy atom. The largest absolute Gasteiger partial charge is 0.493 e. The van der Waals surface area contributed by atoms with E-state index in [0.717, 1.165) is 23.1 Å². The van der Waals surface area contributed by atoms with Crippen molar-refractivity contribution in [2.24, 2.45) is 10.7 Å². The number of nitrogens with zero attached hydrogens (tertiary/aromatic N) is 1. The number of nitrogens with two attached hydrogens (primary N) is 1. The molecule has 0 atom stereocenters. The number of fused-ring (bicyclic) bond motifs is 3. The summed E-state index contributed by atoms with van der Waals surface area (Å²) >= 11 is 0. The van der Waals surface area contributed by atoms with Gasteiger partial charge in [-0.15, -0.1) is 12.4 Å². The molecule has 4 aromatic carbocycles. The van der Waals surface area contributed by atoms with Gasteiger partial charge in [-0.2, -0.15) is 0 Å². The van der Waals surface area contributed by atoms with Crippen molar-refractivity contribution in [3.63, 3.8) is 0 Å². The van der Waals surface area contributed by atoms with Crippen molar-refractivity contribution in [2.45, 2.75) is 13.3 Å². The minimum Gasteiger partial charge on any atom is -0.493 e. The van der Waals surface area contributed by atoms with Crippen LogP contribution in [0.25, 0.3) is 11.1 Å². The number of nitrogens with one attached hydrogen (secondary N) is 2. The number of aliphatic imine (C=N–C) groups is 1. The first-order valence-corrected chi connectivity index (χ1v) is 12.9. The highest BCUT2D eigenvalue weighted by atomic mass is 35.5. The van der Waals surface area contributed by atoms with Crippen LogP contribution in [0.15, 0.2) is 77.8 Å². The van der Waals surface area contributed by atoms with E-state index >= 15 is 0 Å². The van der Waals surface area contributed by atoms with E-state index in [1.807, 2.05) is 43.3 Å². The van der Waals surface area contributed by atoms with E-state index in [4.69, 9.17) is 19.9 Å². The fourth-order valence-corrected chi connectivity index (χ4v) is 4.86. The molecule has 0 saturated carbocycles. The van der Waals surface area contributed by atoms with E-state index in [2.05, 4.69) is 27.8 Å². The third-order valence-electron chi connectivity index (χ3n) is 6.94. The summed E-state index contributed by atoms with van der Waals surface area (Å²) in [6, 6.07) is 22.4. The third-order valence-corrected chi connectivity index (χ3v) is 6.94. The summed E-state index contributed by atoms with van der Waals surface area (Å²) in [6.45, 7) is 1.89. The van der Waals surface area contributed by atoms with Gasteiger partial charge in [0.25, 0.3) is 11.8 Å². The number of aryl methyl sites for hydroxylation is 1. The summed E-state index contributed by atoms with van der Waals surface area (Å²) in [5.41, 5.74) is 13.5. The molecule has 0 saturated heterocycles. The van der Waals surface area contributed by atoms with Crippen molar-refractivity contribution in [1.82, 2.24) is 5.32 Å². The second-order valence-corrected chi connectivity index (χ2v) is 9.52. The highest BCUT2D eigenvalue weighted by molar-refractivity contribution is 6.07. The third kappa shape index (κ3) is 6.01. The molecule has 216 valence electrons. The average molecular weight is 587 g/mol. The molecule has 0 radical (unpaired) electrons. The molecular formula is C32H31ClN4O5. The summed E-state index contributed by atoms with van der Waals surface area (Å²) in [7, 11) is 4.41. The maximum absolute atomic E-state index is 13.2. The topological polar surface area (TPSA) is 124 Å². The predicted molar refractivity (Wildman–Crippen MR) is 166 cm³/mol. The van der Waals surface area contributed by atoms with Crippen LogP contribution in [0.1, 0.15) is 37.4 Å². The monoisotopic (exact) mass is 586 g/mol. The van der Waals surface area contributed by atoms with Crippen molar-refractivity contribution < 1.29 is 23.8 Å². The van der Waals surface area contributed by atoms with E-state index in [0.29, 0.717) is 34.2 Å². The lowest BCUT2D eigenvalue weighted by Gasteiger charge is -2.14. The van der Waals surface area contributed by atoms with Crippen molar-refractivity contribution in [3.8, 4) is 28.4 Å². The molecule has 42 heavy (non-hydrogen) atoms. The van der Waals surface area contributed by atoms with Gasteiger partial charge in [0, 0.05) is 16.8 Å². The van der Waals surface area contributed by atoms with Gasteiger partial charge >= 0.3 is 0 Å². The van der Waals surface area contributed by atoms with Gasteiger partial charge < -0.3 is 25.3 Å². The summed E-state index contributed by atoms with van der Waals surface area (Å²) in [4.78, 5) is 30.4. The summed E-state index contributed by atoms with van der Waals surface area (Å²) < 4.78 is 15.9. The molecule has 0 unspecified atom stereocenters. The van der Waals surface area contributed by atoms with Crippen LogP contribution in [-0.2, 0) is 6.42 Å². The van der Waals surface area contributed by atoms with E-state index in [9.17, 15) is 9.59 Å². The van der Waals surface area contributed by atoms with Crippen molar-refractivity contribution in [2.75, 3.05) is 26.6 Å². The Bertz CT molecular complexity index is 1680. The highest BCUT2D eigenvalue weighted by Gasteiger charge is 2.20. The molecule has 0 spiro atoms. The highest BCUT2D eigenvalue weighted by Crippen LogP contribution is 2.38. The second kappa shape index (κ2) is 12.7. The Labute approximate surface area is 250 Å². The lowest BCUT2D eigenvalue weighted by molar-refractivity contribution is 0.0974. The van der Waals surface area contributed by atoms with E-state index in [-0.39, 0.29) is 29.8 Å². The van der Waals surface area contributed by atoms with Gasteiger partial charge in [-0.05, 0) is 77.6 Å². The quantitative estimate of drug-likeness (QED) is 0.167. The first-order chi connectivity index (χ1) is 19.8. The number of carbonyl (C=O) groups is 2. The molecule has 0 aliphatic heterocycles. The minimum atomic E-state index is -0.509. The van der Waals surface area contributed by atoms with E-state index < -0.39 is 5.91 Å². The zero-order chi connectivity index (χ0) is 29.1. The Balaban J connectivity index is 0.00000405. The molecule has 2 amide bonds. The van der Waals surface area contributed by atoms with Gasteiger partial charge in [0.1, 0.15) is 0 Å². The number of benzene rings is 4. The van der Waals surface area contributed by atoms with Crippen LogP contribution < -0.4 is 30.6 Å². The van der Waals surface area contributed by atoms with Gasteiger partial charge in [-0.3, -0.25) is 14.9 Å². The van der Waals surface area contributed by atoms with Crippen LogP contribution in [0.3, 0.4) is 0 Å². The van der Waals surface area contributed by atoms with Crippen molar-refractivity contribution >= 4 is 41.6 Å². The number of anilines is 1. The van der Waals surface area contributed by atoms with E-state index in [1.165, 1.54) is 44.6 Å². The number of hydrogen-bond acceptors (Lipinski definition) is 6.